The summed E-state index contributed by atoms with van der Waals surface area (Å²) in [5.41, 5.74) is 2.71. The van der Waals surface area contributed by atoms with E-state index in [9.17, 15) is 0 Å². The molecule has 0 unspecified atom stereocenters. The van der Waals surface area contributed by atoms with Gasteiger partial charge in [-0.3, -0.25) is 4.99 Å². The van der Waals surface area contributed by atoms with E-state index in [-0.39, 0.29) is 5.41 Å². The Morgan fingerprint density at radius 3 is 2.07 bits per heavy atom. The highest BCUT2D eigenvalue weighted by atomic mass is 14.7. The number of hydrogen-bond acceptors (Lipinski definition) is 1. The van der Waals surface area contributed by atoms with Crippen molar-refractivity contribution in [3.05, 3.63) is 49.2 Å². The van der Waals surface area contributed by atoms with Gasteiger partial charge < -0.3 is 0 Å². The zero-order valence-corrected chi connectivity index (χ0v) is 10.3. The van der Waals surface area contributed by atoms with Crippen LogP contribution in [0.3, 0.4) is 0 Å². The van der Waals surface area contributed by atoms with Crippen LogP contribution >= 0.6 is 0 Å². The van der Waals surface area contributed by atoms with E-state index >= 15 is 0 Å². The van der Waals surface area contributed by atoms with Crippen molar-refractivity contribution in [2.24, 2.45) is 10.4 Å². The lowest BCUT2D eigenvalue weighted by atomic mass is 9.80. The minimum absolute atomic E-state index is 0.259. The van der Waals surface area contributed by atoms with Crippen LogP contribution in [-0.2, 0) is 0 Å². The van der Waals surface area contributed by atoms with E-state index in [1.54, 1.807) is 6.20 Å². The first-order valence-corrected chi connectivity index (χ1v) is 5.01. The van der Waals surface area contributed by atoms with E-state index in [0.717, 1.165) is 16.9 Å². The monoisotopic (exact) mass is 203 g/mol. The van der Waals surface area contributed by atoms with E-state index in [1.807, 2.05) is 39.8 Å². The van der Waals surface area contributed by atoms with Crippen LogP contribution in [0, 0.1) is 5.41 Å². The first kappa shape index (κ1) is 13.6. The SMILES string of the molecule is C=C[C@@](C)(/C=C\N=C(C)C)C(=C)C(=C)C. The third-order valence-electron chi connectivity index (χ3n) is 2.34. The zero-order chi connectivity index (χ0) is 12.1. The number of allylic oxidation sites excluding steroid dienone is 4. The fourth-order valence-electron chi connectivity index (χ4n) is 1.09. The molecular weight excluding hydrogens is 182 g/mol. The summed E-state index contributed by atoms with van der Waals surface area (Å²) >= 11 is 0. The maximum absolute atomic E-state index is 4.22. The van der Waals surface area contributed by atoms with E-state index in [1.165, 1.54) is 0 Å². The Hall–Kier alpha value is -1.37. The summed E-state index contributed by atoms with van der Waals surface area (Å²) in [6.07, 6.45) is 5.65. The topological polar surface area (TPSA) is 12.4 Å². The smallest absolute Gasteiger partial charge is 0.0295 e. The summed E-state index contributed by atoms with van der Waals surface area (Å²) in [5.74, 6) is 0. The van der Waals surface area contributed by atoms with E-state index < -0.39 is 0 Å². The van der Waals surface area contributed by atoms with Crippen LogP contribution in [0.25, 0.3) is 0 Å². The van der Waals surface area contributed by atoms with Gasteiger partial charge in [0.05, 0.1) is 0 Å². The molecule has 0 fully saturated rings. The highest BCUT2D eigenvalue weighted by Gasteiger charge is 2.20. The molecule has 0 aromatic carbocycles. The first-order valence-electron chi connectivity index (χ1n) is 5.01. The largest absolute Gasteiger partial charge is 0.267 e. The molecule has 1 heteroatoms. The molecule has 0 amide bonds. The molecule has 1 atom stereocenters. The van der Waals surface area contributed by atoms with Gasteiger partial charge in [0.2, 0.25) is 0 Å². The van der Waals surface area contributed by atoms with Gasteiger partial charge in [0.1, 0.15) is 0 Å². The molecule has 0 aromatic rings. The second kappa shape index (κ2) is 5.50. The van der Waals surface area contributed by atoms with Gasteiger partial charge in [0.25, 0.3) is 0 Å². The lowest BCUT2D eigenvalue weighted by Gasteiger charge is -2.24. The molecule has 0 heterocycles. The fraction of sp³-hybridized carbons (Fsp3) is 0.357. The van der Waals surface area contributed by atoms with Crippen molar-refractivity contribution in [3.8, 4) is 0 Å². The maximum Gasteiger partial charge on any atom is 0.0295 e. The van der Waals surface area contributed by atoms with Crippen LogP contribution in [0.1, 0.15) is 27.7 Å². The molecule has 82 valence electrons. The Morgan fingerprint density at radius 1 is 1.20 bits per heavy atom. The Balaban J connectivity index is 4.96. The van der Waals surface area contributed by atoms with Crippen molar-refractivity contribution in [1.29, 1.82) is 0 Å². The number of rotatable bonds is 5. The fourth-order valence-corrected chi connectivity index (χ4v) is 1.09. The summed E-state index contributed by atoms with van der Waals surface area (Å²) < 4.78 is 0. The van der Waals surface area contributed by atoms with Crippen molar-refractivity contribution < 1.29 is 0 Å². The van der Waals surface area contributed by atoms with Crippen molar-refractivity contribution in [2.45, 2.75) is 27.7 Å². The zero-order valence-electron chi connectivity index (χ0n) is 10.3. The molecule has 0 saturated heterocycles. The molecule has 0 saturated carbocycles. The molecule has 0 aromatic heterocycles. The van der Waals surface area contributed by atoms with Crippen LogP contribution in [0.5, 0.6) is 0 Å². The third kappa shape index (κ3) is 4.11. The summed E-state index contributed by atoms with van der Waals surface area (Å²) in [6.45, 7) is 19.7. The highest BCUT2D eigenvalue weighted by molar-refractivity contribution is 5.79. The predicted octanol–water partition coefficient (Wildman–Crippen LogP) is 4.31. The normalized spacial score (nSPS) is 14.4. The molecule has 1 nitrogen and oxygen atoms in total. The number of hydrogen-bond donors (Lipinski definition) is 0. The van der Waals surface area contributed by atoms with E-state index in [0.29, 0.717) is 0 Å². The van der Waals surface area contributed by atoms with Gasteiger partial charge in [-0.05, 0) is 33.3 Å². The Kier molecular flexibility index (Phi) is 4.99. The van der Waals surface area contributed by atoms with Gasteiger partial charge in [0.15, 0.2) is 0 Å². The van der Waals surface area contributed by atoms with Gasteiger partial charge in [0, 0.05) is 17.3 Å². The lowest BCUT2D eigenvalue weighted by Crippen LogP contribution is -2.12. The third-order valence-corrected chi connectivity index (χ3v) is 2.34. The molecule has 0 bridgehead atoms. The second-order valence-corrected chi connectivity index (χ2v) is 4.14. The van der Waals surface area contributed by atoms with Crippen LogP contribution in [0.2, 0.25) is 0 Å². The van der Waals surface area contributed by atoms with Gasteiger partial charge in [-0.15, -0.1) is 6.58 Å². The van der Waals surface area contributed by atoms with E-state index in [2.05, 4.69) is 24.7 Å². The molecule has 0 aliphatic rings. The molecule has 0 N–H and O–H groups in total. The molecule has 0 aliphatic heterocycles. The van der Waals surface area contributed by atoms with Gasteiger partial charge >= 0.3 is 0 Å². The second-order valence-electron chi connectivity index (χ2n) is 4.14. The number of aliphatic imine (C=N–C) groups is 1. The van der Waals surface area contributed by atoms with Crippen LogP contribution in [0.15, 0.2) is 54.2 Å². The Labute approximate surface area is 93.6 Å². The summed E-state index contributed by atoms with van der Waals surface area (Å²) in [4.78, 5) is 4.22. The van der Waals surface area contributed by atoms with Crippen molar-refractivity contribution >= 4 is 5.71 Å². The van der Waals surface area contributed by atoms with Crippen molar-refractivity contribution in [2.75, 3.05) is 0 Å². The minimum Gasteiger partial charge on any atom is -0.267 e. The summed E-state index contributed by atoms with van der Waals surface area (Å²) in [7, 11) is 0. The minimum atomic E-state index is -0.259. The molecule has 0 spiro atoms. The number of nitrogens with zero attached hydrogens (tertiary/aromatic N) is 1. The Morgan fingerprint density at radius 2 is 1.73 bits per heavy atom. The van der Waals surface area contributed by atoms with Gasteiger partial charge in [-0.2, -0.15) is 0 Å². The molecule has 0 rings (SSSR count). The predicted molar refractivity (Wildman–Crippen MR) is 70.2 cm³/mol. The maximum atomic E-state index is 4.22. The standard InChI is InChI=1S/C14H21N/c1-8-14(7,13(6)11(2)3)9-10-15-12(4)5/h8-10H,1-2,6H2,3-5,7H3/b10-9-/t14-/m0/s1. The van der Waals surface area contributed by atoms with Gasteiger partial charge in [-0.25, -0.2) is 0 Å². The quantitative estimate of drug-likeness (QED) is 0.359. The highest BCUT2D eigenvalue weighted by Crippen LogP contribution is 2.32. The molecular formula is C14H21N. The van der Waals surface area contributed by atoms with Crippen molar-refractivity contribution in [1.82, 2.24) is 0 Å². The lowest BCUT2D eigenvalue weighted by molar-refractivity contribution is 0.674. The molecule has 0 radical (unpaired) electrons. The van der Waals surface area contributed by atoms with Gasteiger partial charge in [-0.1, -0.05) is 30.9 Å². The van der Waals surface area contributed by atoms with Crippen LogP contribution in [0.4, 0.5) is 0 Å². The Bertz CT molecular complexity index is 327. The van der Waals surface area contributed by atoms with Crippen molar-refractivity contribution in [3.63, 3.8) is 0 Å². The summed E-state index contributed by atoms with van der Waals surface area (Å²) in [6, 6.07) is 0. The average Bonchev–Trinajstić information content (AvgIpc) is 2.15. The van der Waals surface area contributed by atoms with Crippen LogP contribution < -0.4 is 0 Å². The molecule has 15 heavy (non-hydrogen) atoms. The first-order chi connectivity index (χ1) is 6.83. The van der Waals surface area contributed by atoms with Crippen LogP contribution in [-0.4, -0.2) is 5.71 Å². The van der Waals surface area contributed by atoms with E-state index in [4.69, 9.17) is 0 Å². The summed E-state index contributed by atoms with van der Waals surface area (Å²) in [5, 5.41) is 0. The average molecular weight is 203 g/mol. The molecule has 0 aliphatic carbocycles.